The Labute approximate surface area is 191 Å². The van der Waals surface area contributed by atoms with Crippen LogP contribution in [-0.2, 0) is 17.8 Å². The van der Waals surface area contributed by atoms with Crippen LogP contribution in [0.1, 0.15) is 23.2 Å². The van der Waals surface area contributed by atoms with Crippen LogP contribution in [0, 0.1) is 6.92 Å². The highest BCUT2D eigenvalue weighted by atomic mass is 32.1. The van der Waals surface area contributed by atoms with Gasteiger partial charge in [-0.15, -0.1) is 11.3 Å². The zero-order valence-corrected chi connectivity index (χ0v) is 19.2. The van der Waals surface area contributed by atoms with Crippen molar-refractivity contribution in [3.8, 4) is 11.5 Å². The molecule has 8 nitrogen and oxygen atoms in total. The first-order chi connectivity index (χ1) is 15.6. The molecular weight excluding hydrogens is 426 g/mol. The highest BCUT2D eigenvalue weighted by Gasteiger charge is 2.22. The zero-order valence-electron chi connectivity index (χ0n) is 18.4. The van der Waals surface area contributed by atoms with Crippen LogP contribution < -0.4 is 14.8 Å². The maximum atomic E-state index is 12.8. The van der Waals surface area contributed by atoms with Crippen LogP contribution >= 0.6 is 11.3 Å². The van der Waals surface area contributed by atoms with Crippen molar-refractivity contribution in [3.05, 3.63) is 40.5 Å². The number of aryl methyl sites for hydroxylation is 2. The molecule has 1 saturated heterocycles. The predicted octanol–water partition coefficient (Wildman–Crippen LogP) is 3.05. The average Bonchev–Trinajstić information content (AvgIpc) is 3.44. The molecule has 1 fully saturated rings. The monoisotopic (exact) mass is 453 g/mol. The van der Waals surface area contributed by atoms with Crippen LogP contribution in [0.3, 0.4) is 0 Å². The smallest absolute Gasteiger partial charge is 0.242 e. The minimum Gasteiger partial charge on any atom is -0.454 e. The number of aromatic nitrogens is 2. The van der Waals surface area contributed by atoms with E-state index >= 15 is 0 Å². The fourth-order valence-electron chi connectivity index (χ4n) is 4.11. The molecule has 2 aliphatic heterocycles. The van der Waals surface area contributed by atoms with E-state index in [4.69, 9.17) is 9.47 Å². The molecule has 0 unspecified atom stereocenters. The molecule has 5 rings (SSSR count). The van der Waals surface area contributed by atoms with Gasteiger partial charge in [0, 0.05) is 37.6 Å². The molecule has 0 bridgehead atoms. The first-order valence-electron chi connectivity index (χ1n) is 11.0. The summed E-state index contributed by atoms with van der Waals surface area (Å²) in [5.41, 5.74) is 1.20. The van der Waals surface area contributed by atoms with E-state index in [1.807, 2.05) is 24.0 Å². The van der Waals surface area contributed by atoms with E-state index < -0.39 is 0 Å². The number of thiophene rings is 1. The number of ether oxygens (including phenoxy) is 2. The quantitative estimate of drug-likeness (QED) is 0.614. The third kappa shape index (κ3) is 4.35. The molecule has 4 heterocycles. The van der Waals surface area contributed by atoms with Gasteiger partial charge in [0.1, 0.15) is 16.5 Å². The molecule has 2 aliphatic rings. The number of carbonyl (C=O) groups is 1. The first-order valence-corrected chi connectivity index (χ1v) is 11.8. The molecule has 1 N–H and O–H groups in total. The third-order valence-electron chi connectivity index (χ3n) is 5.88. The number of nitrogens with zero attached hydrogens (tertiary/aromatic N) is 4. The summed E-state index contributed by atoms with van der Waals surface area (Å²) in [6, 6.07) is 8.21. The Morgan fingerprint density at radius 2 is 1.94 bits per heavy atom. The van der Waals surface area contributed by atoms with Crippen LogP contribution in [-0.4, -0.2) is 65.2 Å². The van der Waals surface area contributed by atoms with Crippen LogP contribution in [0.2, 0.25) is 0 Å². The van der Waals surface area contributed by atoms with Crippen molar-refractivity contribution in [1.29, 1.82) is 0 Å². The molecule has 0 aliphatic carbocycles. The van der Waals surface area contributed by atoms with E-state index in [0.717, 1.165) is 66.7 Å². The van der Waals surface area contributed by atoms with Crippen molar-refractivity contribution in [2.75, 3.05) is 44.8 Å². The van der Waals surface area contributed by atoms with E-state index in [1.165, 1.54) is 10.4 Å². The van der Waals surface area contributed by atoms with Gasteiger partial charge in [-0.05, 0) is 37.1 Å². The summed E-state index contributed by atoms with van der Waals surface area (Å²) in [5, 5.41) is 4.26. The van der Waals surface area contributed by atoms with Gasteiger partial charge in [-0.2, -0.15) is 0 Å². The van der Waals surface area contributed by atoms with Crippen LogP contribution in [0.25, 0.3) is 10.2 Å². The highest BCUT2D eigenvalue weighted by molar-refractivity contribution is 7.18. The SMILES string of the molecule is CCc1cc2c(NCC(=O)N3CCN(Cc4ccc5c(c4)OCO5)CC3)nc(C)nc2s1. The van der Waals surface area contributed by atoms with Gasteiger partial charge in [0.05, 0.1) is 11.9 Å². The number of fused-ring (bicyclic) bond motifs is 2. The van der Waals surface area contributed by atoms with E-state index in [-0.39, 0.29) is 12.5 Å². The van der Waals surface area contributed by atoms with Gasteiger partial charge in [0.15, 0.2) is 11.5 Å². The Morgan fingerprint density at radius 3 is 2.75 bits per heavy atom. The van der Waals surface area contributed by atoms with Gasteiger partial charge in [0.2, 0.25) is 12.7 Å². The second-order valence-corrected chi connectivity index (χ2v) is 9.22. The molecule has 9 heteroatoms. The average molecular weight is 454 g/mol. The summed E-state index contributed by atoms with van der Waals surface area (Å²) in [7, 11) is 0. The minimum absolute atomic E-state index is 0.100. The standard InChI is InChI=1S/C23H27N5O3S/c1-3-17-11-18-22(25-15(2)26-23(18)32-17)24-12-21(29)28-8-6-27(7-9-28)13-16-4-5-19-20(10-16)31-14-30-19/h4-5,10-11H,3,6-9,12-14H2,1-2H3,(H,24,25,26). The van der Waals surface area contributed by atoms with Crippen LogP contribution in [0.15, 0.2) is 24.3 Å². The normalized spacial score (nSPS) is 16.0. The Bertz CT molecular complexity index is 1140. The number of amides is 1. The molecule has 0 radical (unpaired) electrons. The van der Waals surface area contributed by atoms with Crippen molar-refractivity contribution in [2.24, 2.45) is 0 Å². The molecule has 3 aromatic rings. The molecule has 0 atom stereocenters. The van der Waals surface area contributed by atoms with Gasteiger partial charge in [0.25, 0.3) is 0 Å². The molecule has 1 amide bonds. The van der Waals surface area contributed by atoms with Gasteiger partial charge < -0.3 is 19.7 Å². The zero-order chi connectivity index (χ0) is 22.1. The van der Waals surface area contributed by atoms with Gasteiger partial charge >= 0.3 is 0 Å². The van der Waals surface area contributed by atoms with E-state index in [0.29, 0.717) is 12.6 Å². The Kier molecular flexibility index (Phi) is 5.84. The lowest BCUT2D eigenvalue weighted by Gasteiger charge is -2.34. The number of benzene rings is 1. The Hall–Kier alpha value is -2.91. The van der Waals surface area contributed by atoms with Crippen molar-refractivity contribution >= 4 is 33.3 Å². The van der Waals surface area contributed by atoms with Crippen molar-refractivity contribution in [1.82, 2.24) is 19.8 Å². The van der Waals surface area contributed by atoms with E-state index in [1.54, 1.807) is 11.3 Å². The third-order valence-corrected chi connectivity index (χ3v) is 7.05. The van der Waals surface area contributed by atoms with Gasteiger partial charge in [-0.25, -0.2) is 9.97 Å². The van der Waals surface area contributed by atoms with Crippen molar-refractivity contribution < 1.29 is 14.3 Å². The van der Waals surface area contributed by atoms with Crippen LogP contribution in [0.5, 0.6) is 11.5 Å². The number of hydrogen-bond donors (Lipinski definition) is 1. The topological polar surface area (TPSA) is 79.8 Å². The maximum Gasteiger partial charge on any atom is 0.242 e. The number of carbonyl (C=O) groups excluding carboxylic acids is 1. The summed E-state index contributed by atoms with van der Waals surface area (Å²) in [6.07, 6.45) is 0.967. The molecule has 168 valence electrons. The summed E-state index contributed by atoms with van der Waals surface area (Å²) in [4.78, 5) is 28.4. The number of anilines is 1. The summed E-state index contributed by atoms with van der Waals surface area (Å²) in [6.45, 7) is 8.54. The van der Waals surface area contributed by atoms with Gasteiger partial charge in [-0.1, -0.05) is 13.0 Å². The predicted molar refractivity (Wildman–Crippen MR) is 124 cm³/mol. The fraction of sp³-hybridized carbons (Fsp3) is 0.435. The summed E-state index contributed by atoms with van der Waals surface area (Å²) >= 11 is 1.69. The summed E-state index contributed by atoms with van der Waals surface area (Å²) in [5.74, 6) is 3.18. The van der Waals surface area contributed by atoms with E-state index in [9.17, 15) is 4.79 Å². The van der Waals surface area contributed by atoms with Crippen molar-refractivity contribution in [3.63, 3.8) is 0 Å². The molecule has 1 aromatic carbocycles. The highest BCUT2D eigenvalue weighted by Crippen LogP contribution is 2.33. The summed E-state index contributed by atoms with van der Waals surface area (Å²) < 4.78 is 10.9. The number of nitrogens with one attached hydrogen (secondary N) is 1. The molecule has 2 aromatic heterocycles. The fourth-order valence-corrected chi connectivity index (χ4v) is 5.12. The van der Waals surface area contributed by atoms with Crippen molar-refractivity contribution in [2.45, 2.75) is 26.8 Å². The molecule has 32 heavy (non-hydrogen) atoms. The van der Waals surface area contributed by atoms with E-state index in [2.05, 4.69) is 39.2 Å². The Balaban J connectivity index is 1.15. The number of piperazine rings is 1. The second kappa shape index (κ2) is 8.91. The molecule has 0 spiro atoms. The maximum absolute atomic E-state index is 12.8. The number of hydrogen-bond acceptors (Lipinski definition) is 8. The second-order valence-electron chi connectivity index (χ2n) is 8.10. The van der Waals surface area contributed by atoms with Crippen LogP contribution in [0.4, 0.5) is 5.82 Å². The first kappa shape index (κ1) is 21.0. The lowest BCUT2D eigenvalue weighted by molar-refractivity contribution is -0.131. The largest absolute Gasteiger partial charge is 0.454 e. The Morgan fingerprint density at radius 1 is 1.12 bits per heavy atom. The molecule has 0 saturated carbocycles. The lowest BCUT2D eigenvalue weighted by atomic mass is 10.1. The number of rotatable bonds is 6. The van der Waals surface area contributed by atoms with Gasteiger partial charge in [-0.3, -0.25) is 9.69 Å². The lowest BCUT2D eigenvalue weighted by Crippen LogP contribution is -2.49. The molecular formula is C23H27N5O3S. The minimum atomic E-state index is 0.100.